The summed E-state index contributed by atoms with van der Waals surface area (Å²) in [6.07, 6.45) is 0.569. The van der Waals surface area contributed by atoms with Crippen LogP contribution in [0.25, 0.3) is 0 Å². The Labute approximate surface area is 136 Å². The lowest BCUT2D eigenvalue weighted by Gasteiger charge is -2.14. The lowest BCUT2D eigenvalue weighted by atomic mass is 10.1. The van der Waals surface area contributed by atoms with Crippen LogP contribution < -0.4 is 9.47 Å². The van der Waals surface area contributed by atoms with E-state index >= 15 is 0 Å². The highest BCUT2D eigenvalue weighted by Crippen LogP contribution is 2.21. The first-order chi connectivity index (χ1) is 11.1. The second-order valence-corrected chi connectivity index (χ2v) is 5.45. The molecule has 0 fully saturated rings. The van der Waals surface area contributed by atoms with Crippen molar-refractivity contribution in [3.05, 3.63) is 59.7 Å². The van der Waals surface area contributed by atoms with E-state index in [9.17, 15) is 9.90 Å². The average Bonchev–Trinajstić information content (AvgIpc) is 2.58. The standard InChI is InChI=1S/C19H22O4/c1-14(20)6-7-15-8-10-17(11-9-15)23-13-19(21)16-4-3-5-18(12-16)22-2/h3-5,8-12,19,21H,6-7,13H2,1-2H3. The fourth-order valence-corrected chi connectivity index (χ4v) is 2.19. The molecule has 0 aliphatic carbocycles. The lowest BCUT2D eigenvalue weighted by Crippen LogP contribution is -2.09. The van der Waals surface area contributed by atoms with Crippen molar-refractivity contribution in [1.82, 2.24) is 0 Å². The molecule has 23 heavy (non-hydrogen) atoms. The maximum atomic E-state index is 11.0. The number of carbonyl (C=O) groups is 1. The van der Waals surface area contributed by atoms with Crippen LogP contribution in [0.1, 0.15) is 30.6 Å². The van der Waals surface area contributed by atoms with Crippen LogP contribution in [-0.4, -0.2) is 24.6 Å². The molecule has 0 saturated carbocycles. The van der Waals surface area contributed by atoms with E-state index in [1.165, 1.54) is 0 Å². The number of rotatable bonds is 8. The van der Waals surface area contributed by atoms with Crippen molar-refractivity contribution in [2.75, 3.05) is 13.7 Å². The van der Waals surface area contributed by atoms with Gasteiger partial charge in [0.15, 0.2) is 0 Å². The number of hydrogen-bond acceptors (Lipinski definition) is 4. The molecule has 0 aromatic heterocycles. The molecule has 0 radical (unpaired) electrons. The maximum absolute atomic E-state index is 11.0. The Balaban J connectivity index is 1.88. The Hall–Kier alpha value is -2.33. The van der Waals surface area contributed by atoms with E-state index in [1.807, 2.05) is 42.5 Å². The Morgan fingerprint density at radius 1 is 1.13 bits per heavy atom. The summed E-state index contributed by atoms with van der Waals surface area (Å²) in [4.78, 5) is 11.0. The first kappa shape index (κ1) is 17.0. The van der Waals surface area contributed by atoms with Gasteiger partial charge in [-0.1, -0.05) is 24.3 Å². The van der Waals surface area contributed by atoms with Gasteiger partial charge in [-0.3, -0.25) is 0 Å². The third kappa shape index (κ3) is 5.42. The highest BCUT2D eigenvalue weighted by Gasteiger charge is 2.09. The van der Waals surface area contributed by atoms with Gasteiger partial charge in [-0.2, -0.15) is 0 Å². The van der Waals surface area contributed by atoms with Gasteiger partial charge in [-0.05, 0) is 48.7 Å². The summed E-state index contributed by atoms with van der Waals surface area (Å²) >= 11 is 0. The summed E-state index contributed by atoms with van der Waals surface area (Å²) in [7, 11) is 1.59. The molecule has 0 spiro atoms. The summed E-state index contributed by atoms with van der Waals surface area (Å²) in [6.45, 7) is 1.76. The highest BCUT2D eigenvalue weighted by atomic mass is 16.5. The van der Waals surface area contributed by atoms with Gasteiger partial charge < -0.3 is 19.4 Å². The van der Waals surface area contributed by atoms with Crippen LogP contribution in [-0.2, 0) is 11.2 Å². The van der Waals surface area contributed by atoms with E-state index in [1.54, 1.807) is 20.1 Å². The summed E-state index contributed by atoms with van der Waals surface area (Å²) in [5.41, 5.74) is 1.85. The zero-order chi connectivity index (χ0) is 16.7. The van der Waals surface area contributed by atoms with Crippen molar-refractivity contribution in [3.8, 4) is 11.5 Å². The number of ether oxygens (including phenoxy) is 2. The SMILES string of the molecule is COc1cccc(C(O)COc2ccc(CCC(C)=O)cc2)c1. The average molecular weight is 314 g/mol. The van der Waals surface area contributed by atoms with Gasteiger partial charge in [0.25, 0.3) is 0 Å². The first-order valence-electron chi connectivity index (χ1n) is 7.61. The molecule has 2 rings (SSSR count). The number of benzene rings is 2. The van der Waals surface area contributed by atoms with Crippen LogP contribution >= 0.6 is 0 Å². The second-order valence-electron chi connectivity index (χ2n) is 5.45. The molecule has 0 bridgehead atoms. The van der Waals surface area contributed by atoms with Crippen LogP contribution in [0.4, 0.5) is 0 Å². The summed E-state index contributed by atoms with van der Waals surface area (Å²) < 4.78 is 10.8. The van der Waals surface area contributed by atoms with Crippen molar-refractivity contribution in [3.63, 3.8) is 0 Å². The zero-order valence-electron chi connectivity index (χ0n) is 13.5. The number of methoxy groups -OCH3 is 1. The fraction of sp³-hybridized carbons (Fsp3) is 0.316. The van der Waals surface area contributed by atoms with Crippen molar-refractivity contribution >= 4 is 5.78 Å². The summed E-state index contributed by atoms with van der Waals surface area (Å²) in [5.74, 6) is 1.58. The van der Waals surface area contributed by atoms with Crippen LogP contribution in [0, 0.1) is 0 Å². The van der Waals surface area contributed by atoms with E-state index in [0.717, 1.165) is 17.5 Å². The fourth-order valence-electron chi connectivity index (χ4n) is 2.19. The number of Topliss-reactive ketones (excluding diaryl/α,β-unsaturated/α-hetero) is 1. The molecular formula is C19H22O4. The molecule has 0 amide bonds. The van der Waals surface area contributed by atoms with Gasteiger partial charge >= 0.3 is 0 Å². The molecule has 2 aromatic carbocycles. The highest BCUT2D eigenvalue weighted by molar-refractivity contribution is 5.75. The molecule has 1 atom stereocenters. The minimum atomic E-state index is -0.720. The van der Waals surface area contributed by atoms with E-state index in [-0.39, 0.29) is 12.4 Å². The minimum absolute atomic E-state index is 0.167. The largest absolute Gasteiger partial charge is 0.497 e. The van der Waals surface area contributed by atoms with Gasteiger partial charge in [-0.25, -0.2) is 0 Å². The molecule has 0 heterocycles. The number of aryl methyl sites for hydroxylation is 1. The topological polar surface area (TPSA) is 55.8 Å². The smallest absolute Gasteiger partial charge is 0.130 e. The molecule has 4 nitrogen and oxygen atoms in total. The van der Waals surface area contributed by atoms with Crippen LogP contribution in [0.2, 0.25) is 0 Å². The first-order valence-corrected chi connectivity index (χ1v) is 7.61. The molecule has 122 valence electrons. The second kappa shape index (κ2) is 8.34. The van der Waals surface area contributed by atoms with E-state index in [0.29, 0.717) is 17.9 Å². The van der Waals surface area contributed by atoms with Gasteiger partial charge in [0.2, 0.25) is 0 Å². The quantitative estimate of drug-likeness (QED) is 0.812. The normalized spacial score (nSPS) is 11.8. The van der Waals surface area contributed by atoms with Crippen molar-refractivity contribution in [2.45, 2.75) is 25.9 Å². The van der Waals surface area contributed by atoms with Crippen molar-refractivity contribution in [2.24, 2.45) is 0 Å². The van der Waals surface area contributed by atoms with Gasteiger partial charge in [-0.15, -0.1) is 0 Å². The molecule has 1 unspecified atom stereocenters. The monoisotopic (exact) mass is 314 g/mol. The number of aliphatic hydroxyl groups is 1. The van der Waals surface area contributed by atoms with Crippen molar-refractivity contribution in [1.29, 1.82) is 0 Å². The van der Waals surface area contributed by atoms with Gasteiger partial charge in [0.1, 0.15) is 30.0 Å². The minimum Gasteiger partial charge on any atom is -0.497 e. The third-order valence-electron chi connectivity index (χ3n) is 3.58. The molecule has 2 aromatic rings. The summed E-state index contributed by atoms with van der Waals surface area (Å²) in [5, 5.41) is 10.2. The van der Waals surface area contributed by atoms with Crippen LogP contribution in [0.15, 0.2) is 48.5 Å². The molecule has 4 heteroatoms. The number of hydrogen-bond donors (Lipinski definition) is 1. The van der Waals surface area contributed by atoms with Crippen LogP contribution in [0.3, 0.4) is 0 Å². The maximum Gasteiger partial charge on any atom is 0.130 e. The Morgan fingerprint density at radius 2 is 1.87 bits per heavy atom. The van der Waals surface area contributed by atoms with E-state index in [2.05, 4.69) is 0 Å². The Bertz CT molecular complexity index is 634. The van der Waals surface area contributed by atoms with E-state index in [4.69, 9.17) is 9.47 Å². The molecule has 0 aliphatic rings. The van der Waals surface area contributed by atoms with Gasteiger partial charge in [0, 0.05) is 6.42 Å². The number of aliphatic hydroxyl groups excluding tert-OH is 1. The predicted molar refractivity (Wildman–Crippen MR) is 88.9 cm³/mol. The number of carbonyl (C=O) groups excluding carboxylic acids is 1. The molecular weight excluding hydrogens is 292 g/mol. The number of ketones is 1. The predicted octanol–water partition coefficient (Wildman–Crippen LogP) is 3.33. The van der Waals surface area contributed by atoms with Crippen molar-refractivity contribution < 1.29 is 19.4 Å². The molecule has 0 aliphatic heterocycles. The van der Waals surface area contributed by atoms with Crippen LogP contribution in [0.5, 0.6) is 11.5 Å². The third-order valence-corrected chi connectivity index (χ3v) is 3.58. The van der Waals surface area contributed by atoms with E-state index < -0.39 is 6.10 Å². The Morgan fingerprint density at radius 3 is 2.52 bits per heavy atom. The molecule has 0 saturated heterocycles. The molecule has 1 N–H and O–H groups in total. The lowest BCUT2D eigenvalue weighted by molar-refractivity contribution is -0.116. The summed E-state index contributed by atoms with van der Waals surface area (Å²) in [6, 6.07) is 14.9. The zero-order valence-corrected chi connectivity index (χ0v) is 13.5. The Kier molecular flexibility index (Phi) is 6.18. The van der Waals surface area contributed by atoms with Gasteiger partial charge in [0.05, 0.1) is 7.11 Å².